The topological polar surface area (TPSA) is 84.5 Å². The van der Waals surface area contributed by atoms with Gasteiger partial charge in [0.1, 0.15) is 0 Å². The Balaban J connectivity index is 1.45. The van der Waals surface area contributed by atoms with Crippen molar-refractivity contribution in [3.05, 3.63) is 22.4 Å². The highest BCUT2D eigenvalue weighted by atomic mass is 16.6. The van der Waals surface area contributed by atoms with Crippen LogP contribution in [0.25, 0.3) is 0 Å². The van der Waals surface area contributed by atoms with Crippen molar-refractivity contribution < 1.29 is 9.72 Å². The first kappa shape index (κ1) is 15.9. The van der Waals surface area contributed by atoms with Gasteiger partial charge in [0.15, 0.2) is 6.67 Å². The van der Waals surface area contributed by atoms with Crippen LogP contribution in [0, 0.1) is 16.0 Å². The Hall–Kier alpha value is -1.96. The van der Waals surface area contributed by atoms with E-state index in [0.29, 0.717) is 24.9 Å². The van der Waals surface area contributed by atoms with Gasteiger partial charge in [-0.1, -0.05) is 5.10 Å². The van der Waals surface area contributed by atoms with Crippen LogP contribution in [0.2, 0.25) is 0 Å². The highest BCUT2D eigenvalue weighted by Crippen LogP contribution is 2.23. The van der Waals surface area contributed by atoms with Crippen molar-refractivity contribution in [1.29, 1.82) is 0 Å². The van der Waals surface area contributed by atoms with Gasteiger partial charge < -0.3 is 15.0 Å². The second kappa shape index (κ2) is 7.08. The lowest BCUT2D eigenvalue weighted by Crippen LogP contribution is -2.37. The molecule has 0 spiro atoms. The summed E-state index contributed by atoms with van der Waals surface area (Å²) in [7, 11) is 0. The number of carbonyl (C=O) groups excluding carboxylic acids is 1. The summed E-state index contributed by atoms with van der Waals surface area (Å²) in [5.74, 6) is 0.756. The van der Waals surface area contributed by atoms with E-state index in [-0.39, 0.29) is 5.82 Å². The molecule has 8 nitrogen and oxygen atoms in total. The minimum atomic E-state index is -0.408. The Morgan fingerprint density at radius 1 is 1.26 bits per heavy atom. The molecular weight excluding hydrogens is 298 g/mol. The number of nitrogens with zero attached hydrogens (tertiary/aromatic N) is 5. The van der Waals surface area contributed by atoms with E-state index < -0.39 is 4.92 Å². The highest BCUT2D eigenvalue weighted by molar-refractivity contribution is 5.76. The van der Waals surface area contributed by atoms with Crippen LogP contribution in [0.3, 0.4) is 0 Å². The maximum Gasteiger partial charge on any atom is 0.346 e. The summed E-state index contributed by atoms with van der Waals surface area (Å²) in [5.41, 5.74) is 0. The lowest BCUT2D eigenvalue weighted by Gasteiger charge is -2.31. The van der Waals surface area contributed by atoms with E-state index >= 15 is 0 Å². The van der Waals surface area contributed by atoms with Gasteiger partial charge in [0.05, 0.1) is 12.3 Å². The molecule has 0 aromatic carbocycles. The van der Waals surface area contributed by atoms with Gasteiger partial charge in [-0.15, -0.1) is 4.68 Å². The zero-order chi connectivity index (χ0) is 16.2. The first-order chi connectivity index (χ1) is 11.1. The average Bonchev–Trinajstić information content (AvgIpc) is 3.20. The van der Waals surface area contributed by atoms with Crippen molar-refractivity contribution in [1.82, 2.24) is 19.6 Å². The van der Waals surface area contributed by atoms with Crippen LogP contribution in [-0.4, -0.2) is 56.6 Å². The second-order valence-corrected chi connectivity index (χ2v) is 6.44. The largest absolute Gasteiger partial charge is 0.358 e. The van der Waals surface area contributed by atoms with E-state index in [2.05, 4.69) is 10.00 Å². The average molecular weight is 321 g/mol. The highest BCUT2D eigenvalue weighted by Gasteiger charge is 2.26. The molecule has 0 unspecified atom stereocenters. The SMILES string of the molecule is O=C(CC1CCN(Cn2nccc2[N+](=O)[O-])CC1)N1CCCC1. The third kappa shape index (κ3) is 3.87. The van der Waals surface area contributed by atoms with E-state index in [0.717, 1.165) is 51.9 Å². The number of piperidine rings is 1. The number of amides is 1. The van der Waals surface area contributed by atoms with Crippen molar-refractivity contribution in [2.75, 3.05) is 26.2 Å². The lowest BCUT2D eigenvalue weighted by atomic mass is 9.93. The van der Waals surface area contributed by atoms with E-state index in [1.54, 1.807) is 0 Å². The molecule has 0 bridgehead atoms. The number of nitro groups is 1. The first-order valence-corrected chi connectivity index (χ1v) is 8.30. The van der Waals surface area contributed by atoms with Gasteiger partial charge in [-0.25, -0.2) is 0 Å². The van der Waals surface area contributed by atoms with Crippen LogP contribution in [-0.2, 0) is 11.5 Å². The normalized spacial score (nSPS) is 20.1. The molecule has 8 heteroatoms. The van der Waals surface area contributed by atoms with Crippen LogP contribution < -0.4 is 0 Å². The Morgan fingerprint density at radius 3 is 2.61 bits per heavy atom. The predicted octanol–water partition coefficient (Wildman–Crippen LogP) is 1.47. The molecule has 0 aliphatic carbocycles. The van der Waals surface area contributed by atoms with Gasteiger partial charge in [-0.3, -0.25) is 9.69 Å². The molecule has 1 amide bonds. The smallest absolute Gasteiger partial charge is 0.346 e. The van der Waals surface area contributed by atoms with Crippen molar-refractivity contribution in [2.45, 2.75) is 38.8 Å². The van der Waals surface area contributed by atoms with Crippen molar-refractivity contribution in [3.63, 3.8) is 0 Å². The van der Waals surface area contributed by atoms with Crippen LogP contribution in [0.15, 0.2) is 12.3 Å². The molecule has 3 rings (SSSR count). The fraction of sp³-hybridized carbons (Fsp3) is 0.733. The van der Waals surface area contributed by atoms with E-state index in [1.165, 1.54) is 16.9 Å². The Bertz CT molecular complexity index is 559. The van der Waals surface area contributed by atoms with Crippen LogP contribution in [0.5, 0.6) is 0 Å². The molecule has 1 aromatic rings. The summed E-state index contributed by atoms with van der Waals surface area (Å²) >= 11 is 0. The summed E-state index contributed by atoms with van der Waals surface area (Å²) < 4.78 is 1.43. The molecule has 23 heavy (non-hydrogen) atoms. The molecule has 0 saturated carbocycles. The molecule has 1 aromatic heterocycles. The monoisotopic (exact) mass is 321 g/mol. The first-order valence-electron chi connectivity index (χ1n) is 8.30. The maximum atomic E-state index is 12.2. The van der Waals surface area contributed by atoms with Gasteiger partial charge in [0, 0.05) is 32.6 Å². The van der Waals surface area contributed by atoms with E-state index in [1.807, 2.05) is 4.90 Å². The molecular formula is C15H23N5O3. The van der Waals surface area contributed by atoms with Crippen LogP contribution in [0.1, 0.15) is 32.1 Å². The molecule has 126 valence electrons. The third-order valence-electron chi connectivity index (χ3n) is 4.84. The number of likely N-dealkylation sites (tertiary alicyclic amines) is 2. The van der Waals surface area contributed by atoms with E-state index in [9.17, 15) is 14.9 Å². The minimum Gasteiger partial charge on any atom is -0.358 e. The number of aromatic nitrogens is 2. The summed E-state index contributed by atoms with van der Waals surface area (Å²) in [6.45, 7) is 3.99. The summed E-state index contributed by atoms with van der Waals surface area (Å²) in [5, 5.41) is 14.9. The van der Waals surface area contributed by atoms with Gasteiger partial charge in [-0.05, 0) is 36.5 Å². The molecule has 2 fully saturated rings. The lowest BCUT2D eigenvalue weighted by molar-refractivity contribution is -0.393. The fourth-order valence-corrected chi connectivity index (χ4v) is 3.45. The Morgan fingerprint density at radius 2 is 1.96 bits per heavy atom. The minimum absolute atomic E-state index is 0.0244. The molecule has 0 radical (unpaired) electrons. The van der Waals surface area contributed by atoms with Gasteiger partial charge in [0.25, 0.3) is 0 Å². The number of hydrogen-bond donors (Lipinski definition) is 0. The number of hydrogen-bond acceptors (Lipinski definition) is 5. The van der Waals surface area contributed by atoms with Gasteiger partial charge >= 0.3 is 5.82 Å². The second-order valence-electron chi connectivity index (χ2n) is 6.44. The summed E-state index contributed by atoms with van der Waals surface area (Å²) in [4.78, 5) is 26.8. The van der Waals surface area contributed by atoms with Crippen molar-refractivity contribution in [3.8, 4) is 0 Å². The molecule has 2 aliphatic heterocycles. The predicted molar refractivity (Wildman–Crippen MR) is 83.6 cm³/mol. The fourth-order valence-electron chi connectivity index (χ4n) is 3.45. The Kier molecular flexibility index (Phi) is 4.90. The molecule has 0 N–H and O–H groups in total. The molecule has 0 atom stereocenters. The van der Waals surface area contributed by atoms with Crippen LogP contribution in [0.4, 0.5) is 5.82 Å². The standard InChI is InChI=1S/C15H23N5O3/c21-15(18-7-1-2-8-18)11-13-4-9-17(10-5-13)12-19-14(20(22)23)3-6-16-19/h3,6,13H,1-2,4-5,7-12H2. The maximum absolute atomic E-state index is 12.2. The summed E-state index contributed by atoms with van der Waals surface area (Å²) in [6.07, 6.45) is 6.30. The van der Waals surface area contributed by atoms with Gasteiger partial charge in [0.2, 0.25) is 5.91 Å². The van der Waals surface area contributed by atoms with Crippen molar-refractivity contribution >= 4 is 11.7 Å². The molecule has 3 heterocycles. The zero-order valence-electron chi connectivity index (χ0n) is 13.3. The van der Waals surface area contributed by atoms with E-state index in [4.69, 9.17) is 0 Å². The van der Waals surface area contributed by atoms with Crippen molar-refractivity contribution in [2.24, 2.45) is 5.92 Å². The Labute approximate surface area is 135 Å². The van der Waals surface area contributed by atoms with Crippen LogP contribution >= 0.6 is 0 Å². The molecule has 2 saturated heterocycles. The summed E-state index contributed by atoms with van der Waals surface area (Å²) in [6, 6.07) is 1.42. The quantitative estimate of drug-likeness (QED) is 0.606. The molecule has 2 aliphatic rings. The number of rotatable bonds is 5. The number of carbonyl (C=O) groups is 1. The van der Waals surface area contributed by atoms with Gasteiger partial charge in [-0.2, -0.15) is 0 Å². The third-order valence-corrected chi connectivity index (χ3v) is 4.84. The zero-order valence-corrected chi connectivity index (χ0v) is 13.3.